The molecule has 42 heavy (non-hydrogen) atoms. The first-order valence-electron chi connectivity index (χ1n) is 14.6. The maximum atomic E-state index is 13.0. The Labute approximate surface area is 246 Å². The van der Waals surface area contributed by atoms with Gasteiger partial charge in [0.2, 0.25) is 5.91 Å². The predicted octanol–water partition coefficient (Wildman–Crippen LogP) is 5.28. The number of fused-ring (bicyclic) bond motifs is 1. The van der Waals surface area contributed by atoms with Crippen LogP contribution in [-0.2, 0) is 22.6 Å². The second-order valence-electron chi connectivity index (χ2n) is 10.9. The summed E-state index contributed by atoms with van der Waals surface area (Å²) in [5.41, 5.74) is 6.10. The van der Waals surface area contributed by atoms with Gasteiger partial charge in [-0.3, -0.25) is 4.79 Å². The molecule has 1 saturated heterocycles. The second-order valence-corrected chi connectivity index (χ2v) is 10.9. The lowest BCUT2D eigenvalue weighted by atomic mass is 10.1. The molecule has 2 aromatic heterocycles. The zero-order valence-electron chi connectivity index (χ0n) is 24.2. The number of benzene rings is 3. The van der Waals surface area contributed by atoms with Gasteiger partial charge in [0.05, 0.1) is 23.4 Å². The van der Waals surface area contributed by atoms with Crippen LogP contribution in [0.4, 0.5) is 5.82 Å². The molecule has 1 aliphatic heterocycles. The number of ether oxygens (including phenoxy) is 1. The molecular weight excluding hydrogens is 524 g/mol. The number of amides is 1. The largest absolute Gasteiger partial charge is 0.367 e. The Bertz CT molecular complexity index is 1650. The molecule has 1 aliphatic rings. The van der Waals surface area contributed by atoms with E-state index in [9.17, 15) is 4.79 Å². The third-order valence-electron chi connectivity index (χ3n) is 7.70. The van der Waals surface area contributed by atoms with Gasteiger partial charge in [-0.15, -0.1) is 0 Å². The van der Waals surface area contributed by atoms with Crippen LogP contribution in [0.25, 0.3) is 16.7 Å². The van der Waals surface area contributed by atoms with Crippen molar-refractivity contribution < 1.29 is 9.53 Å². The van der Waals surface area contributed by atoms with Crippen LogP contribution in [0.3, 0.4) is 0 Å². The topological polar surface area (TPSA) is 76.4 Å². The summed E-state index contributed by atoms with van der Waals surface area (Å²) < 4.78 is 7.67. The lowest BCUT2D eigenvalue weighted by Gasteiger charge is -2.24. The fourth-order valence-electron chi connectivity index (χ4n) is 5.45. The first-order chi connectivity index (χ1) is 20.5. The normalized spacial score (nSPS) is 13.9. The Hall–Kier alpha value is -4.56. The molecule has 0 spiro atoms. The molecule has 3 aromatic carbocycles. The fraction of sp³-hybridized carbons (Fsp3) is 0.294. The van der Waals surface area contributed by atoms with E-state index in [0.29, 0.717) is 32.7 Å². The van der Waals surface area contributed by atoms with E-state index >= 15 is 0 Å². The number of carbonyl (C=O) groups excluding carboxylic acids is 1. The molecule has 0 aliphatic carbocycles. The van der Waals surface area contributed by atoms with E-state index in [0.717, 1.165) is 58.1 Å². The van der Waals surface area contributed by atoms with E-state index in [4.69, 9.17) is 19.8 Å². The highest BCUT2D eigenvalue weighted by Gasteiger charge is 2.25. The number of carbonyl (C=O) groups is 1. The van der Waals surface area contributed by atoms with Crippen LogP contribution in [0, 0.1) is 13.8 Å². The van der Waals surface area contributed by atoms with Crippen LogP contribution in [0.1, 0.15) is 34.6 Å². The number of rotatable bonds is 8. The summed E-state index contributed by atoms with van der Waals surface area (Å²) in [6.07, 6.45) is 1.47. The van der Waals surface area contributed by atoms with Crippen molar-refractivity contribution in [2.75, 3.05) is 37.7 Å². The van der Waals surface area contributed by atoms with Gasteiger partial charge < -0.3 is 14.5 Å². The van der Waals surface area contributed by atoms with E-state index in [-0.39, 0.29) is 12.5 Å². The van der Waals surface area contributed by atoms with Crippen LogP contribution in [0.15, 0.2) is 84.9 Å². The molecule has 0 bridgehead atoms. The molecule has 214 valence electrons. The third kappa shape index (κ3) is 6.19. The van der Waals surface area contributed by atoms with E-state index in [1.807, 2.05) is 77.2 Å². The van der Waals surface area contributed by atoms with Crippen molar-refractivity contribution in [3.05, 3.63) is 113 Å². The van der Waals surface area contributed by atoms with Crippen LogP contribution < -0.4 is 4.90 Å². The molecule has 8 nitrogen and oxygen atoms in total. The number of hydrogen-bond acceptors (Lipinski definition) is 6. The van der Waals surface area contributed by atoms with E-state index in [1.165, 1.54) is 5.56 Å². The fourth-order valence-corrected chi connectivity index (χ4v) is 5.45. The smallest absolute Gasteiger partial charge is 0.248 e. The minimum absolute atomic E-state index is 0.0220. The van der Waals surface area contributed by atoms with Crippen LogP contribution >= 0.6 is 0 Å². The quantitative estimate of drug-likeness (QED) is 0.257. The molecule has 3 heterocycles. The Balaban J connectivity index is 1.26. The minimum atomic E-state index is 0.0220. The molecule has 0 unspecified atom stereocenters. The van der Waals surface area contributed by atoms with Gasteiger partial charge in [-0.05, 0) is 43.5 Å². The molecular formula is C34H36N6O2. The number of nitrogens with zero attached hydrogens (tertiary/aromatic N) is 6. The number of anilines is 1. The Morgan fingerprint density at radius 3 is 2.31 bits per heavy atom. The van der Waals surface area contributed by atoms with Crippen molar-refractivity contribution in [2.24, 2.45) is 0 Å². The van der Waals surface area contributed by atoms with Gasteiger partial charge in [0, 0.05) is 32.6 Å². The van der Waals surface area contributed by atoms with Crippen LogP contribution in [-0.4, -0.2) is 63.3 Å². The van der Waals surface area contributed by atoms with Gasteiger partial charge in [0.25, 0.3) is 0 Å². The number of para-hydroxylation sites is 1. The van der Waals surface area contributed by atoms with Crippen molar-refractivity contribution in [2.45, 2.75) is 33.3 Å². The van der Waals surface area contributed by atoms with Crippen molar-refractivity contribution >= 4 is 22.8 Å². The van der Waals surface area contributed by atoms with E-state index < -0.39 is 0 Å². The number of hydrogen-bond donors (Lipinski definition) is 0. The van der Waals surface area contributed by atoms with Gasteiger partial charge in [-0.1, -0.05) is 78.4 Å². The maximum absolute atomic E-state index is 13.0. The SMILES string of the molecule is Cc1ccc(Cc2nc(N3CCCN(C(=O)COCc4ccccc4)CC3)c3c(C)nn(-c4ccccc4)c3n2)cc1. The molecule has 6 rings (SSSR count). The summed E-state index contributed by atoms with van der Waals surface area (Å²) >= 11 is 0. The first kappa shape index (κ1) is 27.6. The molecule has 0 saturated carbocycles. The van der Waals surface area contributed by atoms with Crippen molar-refractivity contribution in [1.29, 1.82) is 0 Å². The summed E-state index contributed by atoms with van der Waals surface area (Å²) in [6, 6.07) is 28.6. The second kappa shape index (κ2) is 12.5. The molecule has 0 atom stereocenters. The summed E-state index contributed by atoms with van der Waals surface area (Å²) in [7, 11) is 0. The molecule has 0 radical (unpaired) electrons. The standard InChI is InChI=1S/C34H36N6O2/c1-25-14-16-27(17-15-25)22-30-35-33(32-26(2)37-40(34(32)36-30)29-12-7-4-8-13-29)39-19-9-18-38(20-21-39)31(41)24-42-23-28-10-5-3-6-11-28/h3-8,10-17H,9,18-24H2,1-2H3. The Kier molecular flexibility index (Phi) is 8.23. The average Bonchev–Trinajstić information content (AvgIpc) is 3.17. The van der Waals surface area contributed by atoms with Crippen molar-refractivity contribution in [3.8, 4) is 5.69 Å². The summed E-state index contributed by atoms with van der Waals surface area (Å²) in [5.74, 6) is 1.66. The molecule has 8 heteroatoms. The minimum Gasteiger partial charge on any atom is -0.367 e. The average molecular weight is 561 g/mol. The van der Waals surface area contributed by atoms with Crippen molar-refractivity contribution in [3.63, 3.8) is 0 Å². The highest BCUT2D eigenvalue weighted by atomic mass is 16.5. The molecule has 5 aromatic rings. The number of aromatic nitrogens is 4. The predicted molar refractivity (Wildman–Crippen MR) is 165 cm³/mol. The van der Waals surface area contributed by atoms with Crippen molar-refractivity contribution in [1.82, 2.24) is 24.6 Å². The lowest BCUT2D eigenvalue weighted by Crippen LogP contribution is -2.37. The summed E-state index contributed by atoms with van der Waals surface area (Å²) in [6.45, 7) is 7.39. The Morgan fingerprint density at radius 1 is 0.810 bits per heavy atom. The zero-order valence-corrected chi connectivity index (χ0v) is 24.2. The molecule has 0 N–H and O–H groups in total. The molecule has 1 amide bonds. The van der Waals surface area contributed by atoms with Crippen LogP contribution in [0.2, 0.25) is 0 Å². The lowest BCUT2D eigenvalue weighted by molar-refractivity contribution is -0.136. The Morgan fingerprint density at radius 2 is 1.55 bits per heavy atom. The van der Waals surface area contributed by atoms with Gasteiger partial charge in [-0.2, -0.15) is 5.10 Å². The third-order valence-corrected chi connectivity index (χ3v) is 7.70. The van der Waals surface area contributed by atoms with E-state index in [1.54, 1.807) is 0 Å². The van der Waals surface area contributed by atoms with Gasteiger partial charge in [-0.25, -0.2) is 14.6 Å². The van der Waals surface area contributed by atoms with Gasteiger partial charge in [0.1, 0.15) is 18.2 Å². The number of aryl methyl sites for hydroxylation is 2. The van der Waals surface area contributed by atoms with Gasteiger partial charge >= 0.3 is 0 Å². The van der Waals surface area contributed by atoms with E-state index in [2.05, 4.69) is 36.1 Å². The van der Waals surface area contributed by atoms with Gasteiger partial charge in [0.15, 0.2) is 5.65 Å². The molecule has 1 fully saturated rings. The maximum Gasteiger partial charge on any atom is 0.248 e. The highest BCUT2D eigenvalue weighted by Crippen LogP contribution is 2.30. The monoisotopic (exact) mass is 560 g/mol. The van der Waals surface area contributed by atoms with Crippen LogP contribution in [0.5, 0.6) is 0 Å². The summed E-state index contributed by atoms with van der Waals surface area (Å²) in [4.78, 5) is 27.4. The first-order valence-corrected chi connectivity index (χ1v) is 14.6. The zero-order chi connectivity index (χ0) is 28.9. The summed E-state index contributed by atoms with van der Waals surface area (Å²) in [5, 5.41) is 5.86. The highest BCUT2D eigenvalue weighted by molar-refractivity contribution is 5.91.